The van der Waals surface area contributed by atoms with Gasteiger partial charge in [-0.3, -0.25) is 4.79 Å². The fourth-order valence-electron chi connectivity index (χ4n) is 4.18. The van der Waals surface area contributed by atoms with Crippen molar-refractivity contribution in [2.24, 2.45) is 5.92 Å². The van der Waals surface area contributed by atoms with E-state index >= 15 is 0 Å². The number of hydrogen-bond acceptors (Lipinski definition) is 1. The summed E-state index contributed by atoms with van der Waals surface area (Å²) >= 11 is 5.97. The van der Waals surface area contributed by atoms with Crippen molar-refractivity contribution in [2.75, 3.05) is 6.54 Å². The predicted molar refractivity (Wildman–Crippen MR) is 115 cm³/mol. The van der Waals surface area contributed by atoms with Gasteiger partial charge < -0.3 is 10.3 Å². The highest BCUT2D eigenvalue weighted by atomic mass is 35.5. The molecule has 0 unspecified atom stereocenters. The number of aromatic amines is 1. The van der Waals surface area contributed by atoms with Gasteiger partial charge in [-0.25, -0.2) is 0 Å². The molecule has 4 rings (SSSR count). The van der Waals surface area contributed by atoms with E-state index in [1.165, 1.54) is 18.4 Å². The Morgan fingerprint density at radius 3 is 2.39 bits per heavy atom. The quantitative estimate of drug-likeness (QED) is 0.546. The Morgan fingerprint density at radius 2 is 1.68 bits per heavy atom. The maximum Gasteiger partial charge on any atom is 0.253 e. The second kappa shape index (κ2) is 8.66. The van der Waals surface area contributed by atoms with Gasteiger partial charge in [0.15, 0.2) is 0 Å². The molecule has 2 N–H and O–H groups in total. The molecule has 0 saturated heterocycles. The highest BCUT2D eigenvalue weighted by molar-refractivity contribution is 6.30. The summed E-state index contributed by atoms with van der Waals surface area (Å²) in [6.45, 7) is 0.742. The van der Waals surface area contributed by atoms with Crippen LogP contribution in [0.1, 0.15) is 47.5 Å². The molecule has 1 heterocycles. The average molecular weight is 393 g/mol. The van der Waals surface area contributed by atoms with E-state index in [4.69, 9.17) is 11.6 Å². The SMILES string of the molecule is O=C(NCC1CCC(c2ccccc2)CC1)c1c[nH]cc1-c1ccc(Cl)cc1. The highest BCUT2D eigenvalue weighted by Gasteiger charge is 2.23. The van der Waals surface area contributed by atoms with Crippen molar-refractivity contribution in [2.45, 2.75) is 31.6 Å². The number of H-pyrrole nitrogens is 1. The van der Waals surface area contributed by atoms with Gasteiger partial charge in [0.2, 0.25) is 0 Å². The molecule has 28 heavy (non-hydrogen) atoms. The largest absolute Gasteiger partial charge is 0.366 e. The lowest BCUT2D eigenvalue weighted by Gasteiger charge is -2.29. The van der Waals surface area contributed by atoms with Crippen LogP contribution in [0, 0.1) is 5.92 Å². The lowest BCUT2D eigenvalue weighted by Crippen LogP contribution is -2.31. The molecule has 0 radical (unpaired) electrons. The first-order valence-electron chi connectivity index (χ1n) is 9.96. The van der Waals surface area contributed by atoms with Gasteiger partial charge in [0.1, 0.15) is 0 Å². The fourth-order valence-corrected chi connectivity index (χ4v) is 4.30. The van der Waals surface area contributed by atoms with Gasteiger partial charge in [-0.05, 0) is 60.8 Å². The van der Waals surface area contributed by atoms with Gasteiger partial charge >= 0.3 is 0 Å². The zero-order valence-electron chi connectivity index (χ0n) is 15.8. The Kier molecular flexibility index (Phi) is 5.82. The topological polar surface area (TPSA) is 44.9 Å². The Labute approximate surface area is 171 Å². The molecule has 4 heteroatoms. The van der Waals surface area contributed by atoms with Crippen molar-refractivity contribution in [1.29, 1.82) is 0 Å². The minimum Gasteiger partial charge on any atom is -0.366 e. The Balaban J connectivity index is 1.32. The summed E-state index contributed by atoms with van der Waals surface area (Å²) in [4.78, 5) is 15.8. The average Bonchev–Trinajstić information content (AvgIpc) is 3.23. The van der Waals surface area contributed by atoms with E-state index in [1.807, 2.05) is 30.5 Å². The number of hydrogen-bond donors (Lipinski definition) is 2. The number of carbonyl (C=O) groups excluding carboxylic acids is 1. The monoisotopic (exact) mass is 392 g/mol. The molecule has 3 nitrogen and oxygen atoms in total. The fraction of sp³-hybridized carbons (Fsp3) is 0.292. The number of nitrogens with one attached hydrogen (secondary N) is 2. The number of carbonyl (C=O) groups is 1. The third kappa shape index (κ3) is 4.31. The molecule has 144 valence electrons. The van der Waals surface area contributed by atoms with Crippen molar-refractivity contribution in [3.63, 3.8) is 0 Å². The van der Waals surface area contributed by atoms with Crippen LogP contribution in [-0.2, 0) is 0 Å². The van der Waals surface area contributed by atoms with Crippen molar-refractivity contribution in [3.05, 3.63) is 83.1 Å². The lowest BCUT2D eigenvalue weighted by atomic mass is 9.78. The summed E-state index contributed by atoms with van der Waals surface area (Å²) in [5.41, 5.74) is 4.02. The number of halogens is 1. The van der Waals surface area contributed by atoms with Gasteiger partial charge in [-0.15, -0.1) is 0 Å². The van der Waals surface area contributed by atoms with E-state index in [1.54, 1.807) is 6.20 Å². The molecule has 1 fully saturated rings. The summed E-state index contributed by atoms with van der Waals surface area (Å²) in [5, 5.41) is 3.84. The normalized spacial score (nSPS) is 19.3. The molecule has 1 amide bonds. The van der Waals surface area contributed by atoms with Crippen LogP contribution in [0.15, 0.2) is 67.0 Å². The highest BCUT2D eigenvalue weighted by Crippen LogP contribution is 2.35. The second-order valence-corrected chi connectivity index (χ2v) is 8.06. The molecular weight excluding hydrogens is 368 g/mol. The second-order valence-electron chi connectivity index (χ2n) is 7.63. The van der Waals surface area contributed by atoms with Gasteiger partial charge in [0, 0.05) is 29.5 Å². The smallest absolute Gasteiger partial charge is 0.253 e. The van der Waals surface area contributed by atoms with Crippen LogP contribution in [-0.4, -0.2) is 17.4 Å². The molecule has 3 aromatic rings. The van der Waals surface area contributed by atoms with Crippen LogP contribution in [0.2, 0.25) is 5.02 Å². The number of aromatic nitrogens is 1. The first kappa shape index (κ1) is 18.8. The molecule has 0 spiro atoms. The number of benzene rings is 2. The van der Waals surface area contributed by atoms with E-state index < -0.39 is 0 Å². The van der Waals surface area contributed by atoms with E-state index in [0.717, 1.165) is 30.5 Å². The standard InChI is InChI=1S/C24H25ClN2O/c25-21-12-10-20(11-13-21)22-15-26-16-23(22)24(28)27-14-17-6-8-19(9-7-17)18-4-2-1-3-5-18/h1-5,10-13,15-17,19,26H,6-9,14H2,(H,27,28). The summed E-state index contributed by atoms with van der Waals surface area (Å²) in [6.07, 6.45) is 8.36. The maximum absolute atomic E-state index is 12.7. The predicted octanol–water partition coefficient (Wildman–Crippen LogP) is 6.04. The van der Waals surface area contributed by atoms with Gasteiger partial charge in [0.05, 0.1) is 5.56 Å². The van der Waals surface area contributed by atoms with E-state index in [-0.39, 0.29) is 5.91 Å². The van der Waals surface area contributed by atoms with Crippen LogP contribution < -0.4 is 5.32 Å². The van der Waals surface area contributed by atoms with Gasteiger partial charge in [-0.2, -0.15) is 0 Å². The Hall–Kier alpha value is -2.52. The van der Waals surface area contributed by atoms with Gasteiger partial charge in [0.25, 0.3) is 5.91 Å². The molecule has 1 saturated carbocycles. The molecule has 0 bridgehead atoms. The minimum atomic E-state index is -0.0172. The van der Waals surface area contributed by atoms with Gasteiger partial charge in [-0.1, -0.05) is 54.1 Å². The summed E-state index contributed by atoms with van der Waals surface area (Å²) in [7, 11) is 0. The maximum atomic E-state index is 12.7. The molecule has 0 atom stereocenters. The Bertz CT molecular complexity index is 909. The van der Waals surface area contributed by atoms with E-state index in [0.29, 0.717) is 22.4 Å². The van der Waals surface area contributed by atoms with Crippen molar-refractivity contribution < 1.29 is 4.79 Å². The third-order valence-corrected chi connectivity index (χ3v) is 6.07. The first-order chi connectivity index (χ1) is 13.7. The van der Waals surface area contributed by atoms with E-state index in [9.17, 15) is 4.79 Å². The van der Waals surface area contributed by atoms with Crippen LogP contribution in [0.5, 0.6) is 0 Å². The summed E-state index contributed by atoms with van der Waals surface area (Å²) < 4.78 is 0. The molecule has 1 aliphatic rings. The first-order valence-corrected chi connectivity index (χ1v) is 10.3. The van der Waals surface area contributed by atoms with Crippen molar-refractivity contribution >= 4 is 17.5 Å². The Morgan fingerprint density at radius 1 is 0.964 bits per heavy atom. The zero-order chi connectivity index (χ0) is 19.3. The molecule has 0 aliphatic heterocycles. The molecule has 2 aromatic carbocycles. The summed E-state index contributed by atoms with van der Waals surface area (Å²) in [5.74, 6) is 1.20. The third-order valence-electron chi connectivity index (χ3n) is 5.81. The van der Waals surface area contributed by atoms with Crippen LogP contribution in [0.25, 0.3) is 11.1 Å². The number of amides is 1. The van der Waals surface area contributed by atoms with Crippen LogP contribution in [0.4, 0.5) is 0 Å². The van der Waals surface area contributed by atoms with Crippen molar-refractivity contribution in [3.8, 4) is 11.1 Å². The minimum absolute atomic E-state index is 0.0172. The zero-order valence-corrected chi connectivity index (χ0v) is 16.6. The van der Waals surface area contributed by atoms with Crippen LogP contribution in [0.3, 0.4) is 0 Å². The molecular formula is C24H25ClN2O. The van der Waals surface area contributed by atoms with E-state index in [2.05, 4.69) is 40.6 Å². The summed E-state index contributed by atoms with van der Waals surface area (Å²) in [6, 6.07) is 18.3. The molecule has 1 aromatic heterocycles. The van der Waals surface area contributed by atoms with Crippen molar-refractivity contribution in [1.82, 2.24) is 10.3 Å². The van der Waals surface area contributed by atoms with Crippen LogP contribution >= 0.6 is 11.6 Å². The lowest BCUT2D eigenvalue weighted by molar-refractivity contribution is 0.0943. The number of rotatable bonds is 5. The molecule has 1 aliphatic carbocycles.